The lowest BCUT2D eigenvalue weighted by Gasteiger charge is -2.26. The summed E-state index contributed by atoms with van der Waals surface area (Å²) in [6.45, 7) is 0. The fraction of sp³-hybridized carbons (Fsp3) is 0. The molecular weight excluding hydrogens is 757 g/mol. The summed E-state index contributed by atoms with van der Waals surface area (Å²) >= 11 is 0. The second-order valence-corrected chi connectivity index (χ2v) is 15.4. The van der Waals surface area contributed by atoms with Gasteiger partial charge in [0.1, 0.15) is 11.2 Å². The van der Waals surface area contributed by atoms with Crippen LogP contribution in [0.3, 0.4) is 0 Å². The van der Waals surface area contributed by atoms with Crippen LogP contribution in [0.4, 0.5) is 0 Å². The van der Waals surface area contributed by atoms with Crippen molar-refractivity contribution in [2.75, 3.05) is 0 Å². The first kappa shape index (κ1) is 36.7. The Labute approximate surface area is 359 Å². The number of benzene rings is 8. The molecule has 10 aromatic rings. The normalized spacial score (nSPS) is 13.0. The Morgan fingerprint density at radius 1 is 0.452 bits per heavy atom. The van der Waals surface area contributed by atoms with E-state index >= 15 is 0 Å². The van der Waals surface area contributed by atoms with Crippen molar-refractivity contribution in [2.45, 2.75) is 0 Å². The zero-order valence-electron chi connectivity index (χ0n) is 33.6. The minimum Gasteiger partial charge on any atom is -0.456 e. The molecule has 0 amide bonds. The molecule has 0 fully saturated rings. The molecule has 0 atom stereocenters. The Bertz CT molecular complexity index is 3350. The molecule has 0 bridgehead atoms. The van der Waals surface area contributed by atoms with Crippen molar-refractivity contribution >= 4 is 50.7 Å². The molecule has 62 heavy (non-hydrogen) atoms. The van der Waals surface area contributed by atoms with E-state index in [0.29, 0.717) is 11.5 Å². The molecule has 0 radical (unpaired) electrons. The lowest BCUT2D eigenvalue weighted by Crippen LogP contribution is -2.20. The molecule has 2 N–H and O–H groups in total. The molecule has 8 aromatic carbocycles. The first-order valence-corrected chi connectivity index (χ1v) is 20.7. The highest BCUT2D eigenvalue weighted by Gasteiger charge is 2.24. The summed E-state index contributed by atoms with van der Waals surface area (Å²) in [5.41, 5.74) is 16.6. The average Bonchev–Trinajstić information content (AvgIpc) is 3.74. The maximum atomic E-state index is 9.84. The SMILES string of the molecule is N=C(/C(=C1\NC(c2ccccc2)=Cc2ccccc21)c1ccccc1)c1ccc(-c2nc(-c3ccccc3)cc(-c3ccc(-c4cccc5oc6ccccc6c45)cc3)n2)cc1. The van der Waals surface area contributed by atoms with Gasteiger partial charge >= 0.3 is 0 Å². The minimum absolute atomic E-state index is 0.410. The van der Waals surface area contributed by atoms with Gasteiger partial charge in [-0.2, -0.15) is 0 Å². The van der Waals surface area contributed by atoms with E-state index in [1.807, 2.05) is 103 Å². The summed E-state index contributed by atoms with van der Waals surface area (Å²) in [4.78, 5) is 10.3. The lowest BCUT2D eigenvalue weighted by molar-refractivity contribution is 0.669. The molecule has 292 valence electrons. The van der Waals surface area contributed by atoms with Crippen LogP contribution in [0.15, 0.2) is 217 Å². The van der Waals surface area contributed by atoms with Gasteiger partial charge in [0, 0.05) is 49.9 Å². The number of aromatic nitrogens is 2. The van der Waals surface area contributed by atoms with Gasteiger partial charge in [-0.05, 0) is 52.1 Å². The molecule has 5 nitrogen and oxygen atoms in total. The van der Waals surface area contributed by atoms with Crippen molar-refractivity contribution in [2.24, 2.45) is 0 Å². The van der Waals surface area contributed by atoms with E-state index in [0.717, 1.165) is 106 Å². The van der Waals surface area contributed by atoms with Gasteiger partial charge in [-0.1, -0.05) is 194 Å². The molecule has 3 heterocycles. The average molecular weight is 795 g/mol. The standard InChI is InChI=1S/C57H38N4O/c58-55(53(41-19-8-3-9-20-41)56-46-22-11-10-21-44(46)35-48(59-56)38-15-4-1-5-16-38)42-31-33-43(34-32-42)57-60-49(39-17-6-2-7-18-39)36-50(61-57)40-29-27-37(28-30-40)45-24-14-26-52-54(45)47-23-12-13-25-51(47)62-52/h1-36,58-59H/b56-53-,58-55?. The Hall–Kier alpha value is -8.41. The maximum Gasteiger partial charge on any atom is 0.160 e. The largest absolute Gasteiger partial charge is 0.456 e. The van der Waals surface area contributed by atoms with Gasteiger partial charge in [-0.25, -0.2) is 9.97 Å². The molecule has 0 saturated heterocycles. The summed E-state index contributed by atoms with van der Waals surface area (Å²) in [5.74, 6) is 0.611. The monoisotopic (exact) mass is 794 g/mol. The van der Waals surface area contributed by atoms with E-state index in [-0.39, 0.29) is 0 Å². The van der Waals surface area contributed by atoms with Gasteiger partial charge in [0.25, 0.3) is 0 Å². The van der Waals surface area contributed by atoms with Crippen molar-refractivity contribution in [1.82, 2.24) is 15.3 Å². The van der Waals surface area contributed by atoms with E-state index in [9.17, 15) is 5.41 Å². The molecule has 0 unspecified atom stereocenters. The van der Waals surface area contributed by atoms with Crippen LogP contribution < -0.4 is 5.32 Å². The van der Waals surface area contributed by atoms with Gasteiger partial charge in [0.2, 0.25) is 0 Å². The van der Waals surface area contributed by atoms with Crippen molar-refractivity contribution in [3.8, 4) is 45.0 Å². The summed E-state index contributed by atoms with van der Waals surface area (Å²) in [5, 5.41) is 15.8. The Morgan fingerprint density at radius 3 is 1.76 bits per heavy atom. The smallest absolute Gasteiger partial charge is 0.160 e. The molecule has 11 rings (SSSR count). The van der Waals surface area contributed by atoms with Crippen LogP contribution in [0.25, 0.3) is 90.0 Å². The van der Waals surface area contributed by atoms with Gasteiger partial charge in [0.05, 0.1) is 22.8 Å². The highest BCUT2D eigenvalue weighted by Crippen LogP contribution is 2.39. The predicted molar refractivity (Wildman–Crippen MR) is 255 cm³/mol. The van der Waals surface area contributed by atoms with E-state index in [4.69, 9.17) is 14.4 Å². The van der Waals surface area contributed by atoms with Crippen LogP contribution in [0.2, 0.25) is 0 Å². The molecule has 0 saturated carbocycles. The molecule has 1 aliphatic rings. The summed E-state index contributed by atoms with van der Waals surface area (Å²) in [7, 11) is 0. The van der Waals surface area contributed by atoms with Crippen LogP contribution in [0.1, 0.15) is 27.8 Å². The van der Waals surface area contributed by atoms with E-state index in [2.05, 4.69) is 121 Å². The molecule has 5 heteroatoms. The van der Waals surface area contributed by atoms with Crippen LogP contribution in [-0.2, 0) is 0 Å². The number of hydrogen-bond donors (Lipinski definition) is 2. The van der Waals surface area contributed by atoms with Crippen molar-refractivity contribution in [1.29, 1.82) is 5.41 Å². The zero-order valence-corrected chi connectivity index (χ0v) is 33.6. The number of nitrogens with zero attached hydrogens (tertiary/aromatic N) is 2. The summed E-state index contributed by atoms with van der Waals surface area (Å²) in [6.07, 6.45) is 2.19. The van der Waals surface area contributed by atoms with E-state index in [1.165, 1.54) is 0 Å². The number of fused-ring (bicyclic) bond motifs is 4. The van der Waals surface area contributed by atoms with Gasteiger partial charge < -0.3 is 9.73 Å². The third-order valence-electron chi connectivity index (χ3n) is 11.6. The number of rotatable bonds is 8. The van der Waals surface area contributed by atoms with Crippen LogP contribution >= 0.6 is 0 Å². The highest BCUT2D eigenvalue weighted by molar-refractivity contribution is 6.36. The topological polar surface area (TPSA) is 74.8 Å². The quantitative estimate of drug-likeness (QED) is 0.150. The van der Waals surface area contributed by atoms with Gasteiger partial charge in [0.15, 0.2) is 5.82 Å². The minimum atomic E-state index is 0.410. The first-order valence-electron chi connectivity index (χ1n) is 20.7. The summed E-state index contributed by atoms with van der Waals surface area (Å²) in [6, 6.07) is 72.3. The third kappa shape index (κ3) is 6.78. The fourth-order valence-corrected chi connectivity index (χ4v) is 8.48. The van der Waals surface area contributed by atoms with Gasteiger partial charge in [-0.3, -0.25) is 5.41 Å². The van der Waals surface area contributed by atoms with Crippen molar-refractivity contribution in [3.63, 3.8) is 0 Å². The molecule has 1 aliphatic heterocycles. The van der Waals surface area contributed by atoms with Crippen LogP contribution in [0, 0.1) is 5.41 Å². The highest BCUT2D eigenvalue weighted by atomic mass is 16.3. The predicted octanol–water partition coefficient (Wildman–Crippen LogP) is 14.1. The van der Waals surface area contributed by atoms with Crippen molar-refractivity contribution in [3.05, 3.63) is 240 Å². The maximum absolute atomic E-state index is 9.84. The second-order valence-electron chi connectivity index (χ2n) is 15.4. The number of furan rings is 1. The Morgan fingerprint density at radius 2 is 1.02 bits per heavy atom. The first-order chi connectivity index (χ1) is 30.6. The Kier molecular flexibility index (Phi) is 9.25. The molecule has 0 aliphatic carbocycles. The molecule has 2 aromatic heterocycles. The summed E-state index contributed by atoms with van der Waals surface area (Å²) < 4.78 is 6.19. The number of hydrogen-bond acceptors (Lipinski definition) is 5. The van der Waals surface area contributed by atoms with Crippen LogP contribution in [0.5, 0.6) is 0 Å². The second kappa shape index (κ2) is 15.6. The van der Waals surface area contributed by atoms with Crippen LogP contribution in [-0.4, -0.2) is 15.7 Å². The van der Waals surface area contributed by atoms with Gasteiger partial charge in [-0.15, -0.1) is 0 Å². The number of allylic oxidation sites excluding steroid dienone is 1. The number of nitrogens with one attached hydrogen (secondary N) is 2. The number of para-hydroxylation sites is 1. The third-order valence-corrected chi connectivity index (χ3v) is 11.6. The Balaban J connectivity index is 0.973. The molecule has 0 spiro atoms. The molecular formula is C57H38N4O. The zero-order chi connectivity index (χ0) is 41.4. The van der Waals surface area contributed by atoms with E-state index in [1.54, 1.807) is 0 Å². The van der Waals surface area contributed by atoms with Crippen molar-refractivity contribution < 1.29 is 4.42 Å². The lowest BCUT2D eigenvalue weighted by atomic mass is 9.88. The van der Waals surface area contributed by atoms with E-state index < -0.39 is 0 Å². The fourth-order valence-electron chi connectivity index (χ4n) is 8.48.